The minimum atomic E-state index is -0.403. The minimum absolute atomic E-state index is 0.403. The predicted molar refractivity (Wildman–Crippen MR) is 83.3 cm³/mol. The number of nitrogens with two attached hydrogens (primary N) is 1. The smallest absolute Gasteiger partial charge is 0.0467 e. The SMILES string of the molecule is CC(N)(CCc1ccsc1)c1ccc(Br)cc1Cl. The standard InChI is InChI=1S/C14H15BrClNS/c1-14(17,6-4-10-5-7-18-9-10)12-3-2-11(15)8-13(12)16/h2-3,5,7-9H,4,6,17H2,1H3. The fourth-order valence-electron chi connectivity index (χ4n) is 1.93. The molecule has 1 heterocycles. The molecule has 1 nitrogen and oxygen atoms in total. The quantitative estimate of drug-likeness (QED) is 0.832. The van der Waals surface area contributed by atoms with Gasteiger partial charge >= 0.3 is 0 Å². The number of benzene rings is 1. The zero-order chi connectivity index (χ0) is 13.2. The molecule has 1 atom stereocenters. The average Bonchev–Trinajstić information content (AvgIpc) is 2.78. The maximum absolute atomic E-state index is 6.41. The summed E-state index contributed by atoms with van der Waals surface area (Å²) in [6.07, 6.45) is 1.86. The summed E-state index contributed by atoms with van der Waals surface area (Å²) in [6.45, 7) is 2.04. The van der Waals surface area contributed by atoms with Gasteiger partial charge in [0.1, 0.15) is 0 Å². The third-order valence-corrected chi connectivity index (χ3v) is 4.60. The Labute approximate surface area is 125 Å². The van der Waals surface area contributed by atoms with Crippen molar-refractivity contribution in [1.29, 1.82) is 0 Å². The molecule has 0 radical (unpaired) electrons. The lowest BCUT2D eigenvalue weighted by Gasteiger charge is -2.26. The van der Waals surface area contributed by atoms with E-state index in [9.17, 15) is 0 Å². The molecule has 96 valence electrons. The lowest BCUT2D eigenvalue weighted by Crippen LogP contribution is -2.33. The van der Waals surface area contributed by atoms with Crippen LogP contribution in [0.3, 0.4) is 0 Å². The maximum atomic E-state index is 6.41. The van der Waals surface area contributed by atoms with Crippen molar-refractivity contribution < 1.29 is 0 Å². The van der Waals surface area contributed by atoms with E-state index in [1.165, 1.54) is 5.56 Å². The summed E-state index contributed by atoms with van der Waals surface area (Å²) in [7, 11) is 0. The summed E-state index contributed by atoms with van der Waals surface area (Å²) < 4.78 is 0.977. The largest absolute Gasteiger partial charge is 0.322 e. The number of halogens is 2. The van der Waals surface area contributed by atoms with Crippen LogP contribution in [0, 0.1) is 0 Å². The second-order valence-electron chi connectivity index (χ2n) is 4.67. The van der Waals surface area contributed by atoms with Crippen molar-refractivity contribution in [2.24, 2.45) is 5.73 Å². The molecule has 0 amide bonds. The van der Waals surface area contributed by atoms with Crippen molar-refractivity contribution in [2.75, 3.05) is 0 Å². The highest BCUT2D eigenvalue weighted by molar-refractivity contribution is 9.10. The van der Waals surface area contributed by atoms with Crippen molar-refractivity contribution in [3.05, 3.63) is 55.6 Å². The van der Waals surface area contributed by atoms with Gasteiger partial charge in [-0.15, -0.1) is 0 Å². The number of hydrogen-bond donors (Lipinski definition) is 1. The first-order valence-electron chi connectivity index (χ1n) is 5.74. The molecule has 0 spiro atoms. The van der Waals surface area contributed by atoms with Crippen LogP contribution < -0.4 is 5.73 Å². The molecule has 0 saturated carbocycles. The van der Waals surface area contributed by atoms with Crippen molar-refractivity contribution in [2.45, 2.75) is 25.3 Å². The van der Waals surface area contributed by atoms with Crippen LogP contribution in [0.15, 0.2) is 39.5 Å². The minimum Gasteiger partial charge on any atom is -0.322 e. The number of thiophene rings is 1. The van der Waals surface area contributed by atoms with Gasteiger partial charge in [-0.25, -0.2) is 0 Å². The highest BCUT2D eigenvalue weighted by atomic mass is 79.9. The molecule has 0 aliphatic carbocycles. The average molecular weight is 345 g/mol. The number of hydrogen-bond acceptors (Lipinski definition) is 2. The van der Waals surface area contributed by atoms with Crippen LogP contribution >= 0.6 is 38.9 Å². The first-order chi connectivity index (χ1) is 8.49. The summed E-state index contributed by atoms with van der Waals surface area (Å²) in [4.78, 5) is 0. The fraction of sp³-hybridized carbons (Fsp3) is 0.286. The Balaban J connectivity index is 2.14. The number of rotatable bonds is 4. The summed E-state index contributed by atoms with van der Waals surface area (Å²) >= 11 is 11.4. The van der Waals surface area contributed by atoms with Gasteiger partial charge in [-0.05, 0) is 59.9 Å². The van der Waals surface area contributed by atoms with Gasteiger partial charge in [0.2, 0.25) is 0 Å². The highest BCUT2D eigenvalue weighted by Gasteiger charge is 2.23. The van der Waals surface area contributed by atoms with Gasteiger partial charge in [0.15, 0.2) is 0 Å². The summed E-state index contributed by atoms with van der Waals surface area (Å²) in [5.41, 5.74) is 8.35. The third kappa shape index (κ3) is 3.35. The molecule has 18 heavy (non-hydrogen) atoms. The van der Waals surface area contributed by atoms with Gasteiger partial charge in [0.05, 0.1) is 0 Å². The van der Waals surface area contributed by atoms with Gasteiger partial charge in [0.25, 0.3) is 0 Å². The third-order valence-electron chi connectivity index (χ3n) is 3.06. The molecule has 2 aromatic rings. The van der Waals surface area contributed by atoms with E-state index in [1.807, 2.05) is 25.1 Å². The summed E-state index contributed by atoms with van der Waals surface area (Å²) in [5.74, 6) is 0. The van der Waals surface area contributed by atoms with E-state index in [0.717, 1.165) is 27.9 Å². The molecule has 0 aliphatic rings. The zero-order valence-corrected chi connectivity index (χ0v) is 13.3. The number of aryl methyl sites for hydroxylation is 1. The van der Waals surface area contributed by atoms with E-state index < -0.39 is 5.54 Å². The van der Waals surface area contributed by atoms with Crippen LogP contribution in [-0.2, 0) is 12.0 Å². The Bertz CT molecular complexity index is 523. The molecule has 1 aromatic heterocycles. The molecule has 0 aliphatic heterocycles. The van der Waals surface area contributed by atoms with Crippen molar-refractivity contribution in [1.82, 2.24) is 0 Å². The van der Waals surface area contributed by atoms with Crippen molar-refractivity contribution in [3.8, 4) is 0 Å². The molecule has 0 bridgehead atoms. The van der Waals surface area contributed by atoms with Crippen molar-refractivity contribution >= 4 is 38.9 Å². The van der Waals surface area contributed by atoms with Gasteiger partial charge in [-0.3, -0.25) is 0 Å². The topological polar surface area (TPSA) is 26.0 Å². The van der Waals surface area contributed by atoms with E-state index in [1.54, 1.807) is 11.3 Å². The summed E-state index contributed by atoms with van der Waals surface area (Å²) in [6, 6.07) is 8.02. The fourth-order valence-corrected chi connectivity index (χ4v) is 3.52. The first-order valence-corrected chi connectivity index (χ1v) is 7.86. The molecule has 0 saturated heterocycles. The molecule has 4 heteroatoms. The van der Waals surface area contributed by atoms with Crippen LogP contribution in [0.5, 0.6) is 0 Å². The first kappa shape index (κ1) is 14.1. The van der Waals surface area contributed by atoms with Gasteiger partial charge in [-0.2, -0.15) is 11.3 Å². The van der Waals surface area contributed by atoms with Gasteiger partial charge in [-0.1, -0.05) is 33.6 Å². The monoisotopic (exact) mass is 343 g/mol. The predicted octanol–water partition coefficient (Wildman–Crippen LogP) is 4.97. The van der Waals surface area contributed by atoms with E-state index in [2.05, 4.69) is 32.8 Å². The van der Waals surface area contributed by atoms with Crippen molar-refractivity contribution in [3.63, 3.8) is 0 Å². The molecule has 1 aromatic carbocycles. The molecule has 1 unspecified atom stereocenters. The van der Waals surface area contributed by atoms with Gasteiger partial charge in [0, 0.05) is 15.0 Å². The summed E-state index contributed by atoms with van der Waals surface area (Å²) in [5, 5.41) is 4.98. The van der Waals surface area contributed by atoms with E-state index in [-0.39, 0.29) is 0 Å². The van der Waals surface area contributed by atoms with E-state index in [0.29, 0.717) is 0 Å². The van der Waals surface area contributed by atoms with Crippen LogP contribution in [-0.4, -0.2) is 0 Å². The molecule has 0 fully saturated rings. The Kier molecular flexibility index (Phi) is 4.49. The second kappa shape index (κ2) is 5.74. The Hall–Kier alpha value is -0.350. The van der Waals surface area contributed by atoms with Crippen LogP contribution in [0.2, 0.25) is 5.02 Å². The lowest BCUT2D eigenvalue weighted by atomic mass is 9.87. The van der Waals surface area contributed by atoms with E-state index >= 15 is 0 Å². The molecule has 2 N–H and O–H groups in total. The highest BCUT2D eigenvalue weighted by Crippen LogP contribution is 2.32. The van der Waals surface area contributed by atoms with Crippen LogP contribution in [0.1, 0.15) is 24.5 Å². The Morgan fingerprint density at radius 2 is 2.17 bits per heavy atom. The molecular weight excluding hydrogens is 330 g/mol. The molecular formula is C14H15BrClNS. The van der Waals surface area contributed by atoms with Crippen LogP contribution in [0.4, 0.5) is 0 Å². The van der Waals surface area contributed by atoms with Gasteiger partial charge < -0.3 is 5.73 Å². The lowest BCUT2D eigenvalue weighted by molar-refractivity contribution is 0.453. The normalized spacial score (nSPS) is 14.4. The zero-order valence-electron chi connectivity index (χ0n) is 10.1. The Morgan fingerprint density at radius 3 is 2.78 bits per heavy atom. The maximum Gasteiger partial charge on any atom is 0.0467 e. The van der Waals surface area contributed by atoms with Crippen LogP contribution in [0.25, 0.3) is 0 Å². The molecule has 2 rings (SSSR count). The Morgan fingerprint density at radius 1 is 1.39 bits per heavy atom. The second-order valence-corrected chi connectivity index (χ2v) is 6.78. The van der Waals surface area contributed by atoms with E-state index in [4.69, 9.17) is 17.3 Å².